The van der Waals surface area contributed by atoms with Crippen LogP contribution >= 0.6 is 0 Å². The van der Waals surface area contributed by atoms with Crippen LogP contribution in [0.3, 0.4) is 0 Å². The Morgan fingerprint density at radius 3 is 2.94 bits per heavy atom. The number of hydrogen-bond acceptors (Lipinski definition) is 3. The molecule has 1 aliphatic heterocycles. The highest BCUT2D eigenvalue weighted by molar-refractivity contribution is 5.06. The van der Waals surface area contributed by atoms with Gasteiger partial charge in [-0.05, 0) is 18.4 Å². The van der Waals surface area contributed by atoms with Crippen LogP contribution in [-0.2, 0) is 6.54 Å². The highest BCUT2D eigenvalue weighted by Gasteiger charge is 2.28. The van der Waals surface area contributed by atoms with Gasteiger partial charge in [0.15, 0.2) is 0 Å². The summed E-state index contributed by atoms with van der Waals surface area (Å²) in [6.45, 7) is 10.1. The third kappa shape index (κ3) is 3.11. The minimum absolute atomic E-state index is 0.615. The number of rotatable bonds is 4. The minimum Gasteiger partial charge on any atom is -0.472 e. The summed E-state index contributed by atoms with van der Waals surface area (Å²) in [5, 5.41) is 3.66. The summed E-state index contributed by atoms with van der Waals surface area (Å²) in [4.78, 5) is 2.59. The van der Waals surface area contributed by atoms with Crippen LogP contribution in [0.1, 0.15) is 32.8 Å². The fourth-order valence-electron chi connectivity index (χ4n) is 2.54. The Morgan fingerprint density at radius 2 is 2.35 bits per heavy atom. The van der Waals surface area contributed by atoms with Gasteiger partial charge in [-0.15, -0.1) is 0 Å². The van der Waals surface area contributed by atoms with Crippen molar-refractivity contribution in [2.24, 2.45) is 5.92 Å². The predicted molar refractivity (Wildman–Crippen MR) is 69.8 cm³/mol. The van der Waals surface area contributed by atoms with E-state index in [0.717, 1.165) is 19.6 Å². The molecule has 0 radical (unpaired) electrons. The van der Waals surface area contributed by atoms with Crippen molar-refractivity contribution in [2.45, 2.75) is 45.8 Å². The highest BCUT2D eigenvalue weighted by atomic mass is 16.3. The number of piperazine rings is 1. The summed E-state index contributed by atoms with van der Waals surface area (Å²) in [6.07, 6.45) is 4.83. The Bertz CT molecular complexity index is 321. The first-order chi connectivity index (χ1) is 8.20. The maximum Gasteiger partial charge on any atom is 0.0947 e. The van der Waals surface area contributed by atoms with E-state index in [4.69, 9.17) is 4.42 Å². The van der Waals surface area contributed by atoms with Crippen molar-refractivity contribution in [2.75, 3.05) is 13.1 Å². The van der Waals surface area contributed by atoms with Crippen LogP contribution < -0.4 is 5.32 Å². The molecule has 0 aliphatic carbocycles. The molecule has 0 saturated carbocycles. The van der Waals surface area contributed by atoms with Gasteiger partial charge in [-0.1, -0.05) is 20.8 Å². The smallest absolute Gasteiger partial charge is 0.0947 e. The maximum absolute atomic E-state index is 5.16. The molecule has 0 amide bonds. The highest BCUT2D eigenvalue weighted by Crippen LogP contribution is 2.18. The van der Waals surface area contributed by atoms with Crippen molar-refractivity contribution in [3.05, 3.63) is 24.2 Å². The van der Waals surface area contributed by atoms with E-state index in [9.17, 15) is 0 Å². The van der Waals surface area contributed by atoms with Gasteiger partial charge < -0.3 is 9.73 Å². The molecule has 1 aliphatic rings. The monoisotopic (exact) mass is 236 g/mol. The van der Waals surface area contributed by atoms with Crippen molar-refractivity contribution in [3.63, 3.8) is 0 Å². The van der Waals surface area contributed by atoms with Crippen molar-refractivity contribution in [1.29, 1.82) is 0 Å². The third-order valence-electron chi connectivity index (χ3n) is 3.81. The van der Waals surface area contributed by atoms with Crippen LogP contribution in [0.15, 0.2) is 23.0 Å². The van der Waals surface area contributed by atoms with E-state index in [-0.39, 0.29) is 0 Å². The van der Waals surface area contributed by atoms with E-state index in [2.05, 4.69) is 37.1 Å². The molecule has 1 N–H and O–H groups in total. The second-order valence-corrected chi connectivity index (χ2v) is 5.38. The normalized spacial score (nSPS) is 26.6. The van der Waals surface area contributed by atoms with Crippen LogP contribution in [0.2, 0.25) is 0 Å². The summed E-state index contributed by atoms with van der Waals surface area (Å²) < 4.78 is 5.16. The molecule has 0 bridgehead atoms. The summed E-state index contributed by atoms with van der Waals surface area (Å²) in [5.74, 6) is 0.694. The molecule has 2 atom stereocenters. The average molecular weight is 236 g/mol. The zero-order valence-electron chi connectivity index (χ0n) is 11.1. The van der Waals surface area contributed by atoms with Gasteiger partial charge in [-0.2, -0.15) is 0 Å². The first-order valence-electron chi connectivity index (χ1n) is 6.69. The standard InChI is InChI=1S/C14H24N2O/c1-4-13-7-15-14(11(2)3)9-16(13)8-12-5-6-17-10-12/h5-6,10-11,13-15H,4,7-9H2,1-3H3. The third-order valence-corrected chi connectivity index (χ3v) is 3.81. The lowest BCUT2D eigenvalue weighted by Gasteiger charge is -2.41. The summed E-state index contributed by atoms with van der Waals surface area (Å²) in [5.41, 5.74) is 1.29. The zero-order valence-corrected chi connectivity index (χ0v) is 11.1. The van der Waals surface area contributed by atoms with Crippen LogP contribution in [0, 0.1) is 5.92 Å². The number of furan rings is 1. The van der Waals surface area contributed by atoms with Gasteiger partial charge in [0.05, 0.1) is 12.5 Å². The molecule has 1 aromatic rings. The van der Waals surface area contributed by atoms with Gasteiger partial charge in [0, 0.05) is 37.3 Å². The Balaban J connectivity index is 1.99. The molecule has 96 valence electrons. The molecule has 0 spiro atoms. The van der Waals surface area contributed by atoms with Gasteiger partial charge in [0.1, 0.15) is 0 Å². The van der Waals surface area contributed by atoms with Crippen LogP contribution in [-0.4, -0.2) is 30.1 Å². The molecule has 0 aromatic carbocycles. The van der Waals surface area contributed by atoms with E-state index < -0.39 is 0 Å². The molecule has 1 aromatic heterocycles. The predicted octanol–water partition coefficient (Wildman–Crippen LogP) is 2.49. The Hall–Kier alpha value is -0.800. The topological polar surface area (TPSA) is 28.4 Å². The SMILES string of the molecule is CCC1CNC(C(C)C)CN1Cc1ccoc1. The van der Waals surface area contributed by atoms with Gasteiger partial charge in [-0.25, -0.2) is 0 Å². The number of nitrogens with zero attached hydrogens (tertiary/aromatic N) is 1. The maximum atomic E-state index is 5.16. The van der Waals surface area contributed by atoms with Gasteiger partial charge in [0.25, 0.3) is 0 Å². The zero-order chi connectivity index (χ0) is 12.3. The summed E-state index contributed by atoms with van der Waals surface area (Å²) in [7, 11) is 0. The van der Waals surface area contributed by atoms with Gasteiger partial charge >= 0.3 is 0 Å². The molecular weight excluding hydrogens is 212 g/mol. The van der Waals surface area contributed by atoms with E-state index in [1.807, 2.05) is 6.26 Å². The lowest BCUT2D eigenvalue weighted by atomic mass is 9.98. The van der Waals surface area contributed by atoms with Crippen molar-refractivity contribution in [1.82, 2.24) is 10.2 Å². The van der Waals surface area contributed by atoms with E-state index in [1.54, 1.807) is 6.26 Å². The molecule has 3 nitrogen and oxygen atoms in total. The molecule has 17 heavy (non-hydrogen) atoms. The lowest BCUT2D eigenvalue weighted by Crippen LogP contribution is -2.57. The quantitative estimate of drug-likeness (QED) is 0.870. The average Bonchev–Trinajstić information content (AvgIpc) is 2.81. The van der Waals surface area contributed by atoms with Gasteiger partial charge in [0.2, 0.25) is 0 Å². The fourth-order valence-corrected chi connectivity index (χ4v) is 2.54. The lowest BCUT2D eigenvalue weighted by molar-refractivity contribution is 0.103. The fraction of sp³-hybridized carbons (Fsp3) is 0.714. The molecule has 1 saturated heterocycles. The first-order valence-corrected chi connectivity index (χ1v) is 6.69. The first kappa shape index (κ1) is 12.7. The Labute approximate surface area is 104 Å². The minimum atomic E-state index is 0.615. The Kier molecular flexibility index (Phi) is 4.24. The molecule has 2 heterocycles. The number of hydrogen-bond donors (Lipinski definition) is 1. The molecule has 3 heteroatoms. The summed E-state index contributed by atoms with van der Waals surface area (Å²) in [6, 6.07) is 3.34. The molecule has 1 fully saturated rings. The number of nitrogens with one attached hydrogen (secondary N) is 1. The van der Waals surface area contributed by atoms with Crippen LogP contribution in [0.4, 0.5) is 0 Å². The second kappa shape index (κ2) is 5.69. The van der Waals surface area contributed by atoms with E-state index in [1.165, 1.54) is 12.0 Å². The van der Waals surface area contributed by atoms with Gasteiger partial charge in [-0.3, -0.25) is 4.90 Å². The van der Waals surface area contributed by atoms with Crippen molar-refractivity contribution in [3.8, 4) is 0 Å². The Morgan fingerprint density at radius 1 is 1.53 bits per heavy atom. The molecule has 2 unspecified atom stereocenters. The van der Waals surface area contributed by atoms with E-state index in [0.29, 0.717) is 18.0 Å². The van der Waals surface area contributed by atoms with Crippen LogP contribution in [0.25, 0.3) is 0 Å². The largest absolute Gasteiger partial charge is 0.472 e. The molecular formula is C14H24N2O. The molecule has 2 rings (SSSR count). The van der Waals surface area contributed by atoms with Crippen molar-refractivity contribution >= 4 is 0 Å². The van der Waals surface area contributed by atoms with E-state index >= 15 is 0 Å². The van der Waals surface area contributed by atoms with Crippen molar-refractivity contribution < 1.29 is 4.42 Å². The summed E-state index contributed by atoms with van der Waals surface area (Å²) >= 11 is 0. The van der Waals surface area contributed by atoms with Crippen LogP contribution in [0.5, 0.6) is 0 Å². The second-order valence-electron chi connectivity index (χ2n) is 5.38.